The Balaban J connectivity index is 1.71. The van der Waals surface area contributed by atoms with Crippen molar-refractivity contribution in [1.29, 1.82) is 0 Å². The van der Waals surface area contributed by atoms with E-state index >= 15 is 0 Å². The Morgan fingerprint density at radius 2 is 2.07 bits per heavy atom. The number of hydrogen-bond acceptors (Lipinski definition) is 5. The molecule has 3 heterocycles. The second-order valence-corrected chi connectivity index (χ2v) is 6.62. The molecule has 0 amide bonds. The number of rotatable bonds is 5. The molecule has 1 saturated heterocycles. The van der Waals surface area contributed by atoms with E-state index in [4.69, 9.17) is 9.47 Å². The van der Waals surface area contributed by atoms with Crippen molar-refractivity contribution in [2.24, 2.45) is 0 Å². The van der Waals surface area contributed by atoms with Crippen LogP contribution in [-0.4, -0.2) is 45.7 Å². The van der Waals surface area contributed by atoms with Crippen LogP contribution in [0.1, 0.15) is 18.2 Å². The second-order valence-electron chi connectivity index (χ2n) is 6.62. The molecular formula is C19H17F3N4O3. The molecule has 1 aromatic carbocycles. The van der Waals surface area contributed by atoms with Gasteiger partial charge in [-0.2, -0.15) is 18.3 Å². The average molecular weight is 406 g/mol. The lowest BCUT2D eigenvalue weighted by Gasteiger charge is -2.17. The van der Waals surface area contributed by atoms with E-state index in [9.17, 15) is 18.0 Å². The van der Waals surface area contributed by atoms with Gasteiger partial charge in [0.05, 0.1) is 24.2 Å². The van der Waals surface area contributed by atoms with Crippen LogP contribution < -0.4 is 10.3 Å². The third-order valence-electron chi connectivity index (χ3n) is 4.53. The zero-order chi connectivity index (χ0) is 20.4. The third kappa shape index (κ3) is 4.32. The van der Waals surface area contributed by atoms with Gasteiger partial charge in [0.1, 0.15) is 11.6 Å². The van der Waals surface area contributed by atoms with E-state index < -0.39 is 12.8 Å². The molecule has 1 aliphatic heterocycles. The van der Waals surface area contributed by atoms with Gasteiger partial charge in [-0.1, -0.05) is 0 Å². The highest BCUT2D eigenvalue weighted by molar-refractivity contribution is 5.56. The van der Waals surface area contributed by atoms with Crippen LogP contribution in [-0.2, 0) is 4.74 Å². The number of ether oxygens (including phenoxy) is 2. The second kappa shape index (κ2) is 7.70. The van der Waals surface area contributed by atoms with E-state index in [1.54, 1.807) is 12.4 Å². The SMILES string of the molecule is O=c1cc(-c2cn[nH]c2)nc(C2CCOC2)n1-c1ccc(OCC(F)(F)F)cc1. The molecule has 7 nitrogen and oxygen atoms in total. The number of nitrogens with one attached hydrogen (secondary N) is 1. The molecule has 10 heteroatoms. The number of benzene rings is 1. The number of hydrogen-bond donors (Lipinski definition) is 1. The first kappa shape index (κ1) is 19.2. The highest BCUT2D eigenvalue weighted by Gasteiger charge is 2.28. The monoisotopic (exact) mass is 406 g/mol. The predicted molar refractivity (Wildman–Crippen MR) is 97.1 cm³/mol. The van der Waals surface area contributed by atoms with E-state index in [0.717, 1.165) is 0 Å². The summed E-state index contributed by atoms with van der Waals surface area (Å²) in [6, 6.07) is 7.26. The molecule has 0 saturated carbocycles. The molecule has 29 heavy (non-hydrogen) atoms. The van der Waals surface area contributed by atoms with Gasteiger partial charge in [-0.05, 0) is 30.7 Å². The molecule has 0 spiro atoms. The molecule has 2 aromatic heterocycles. The van der Waals surface area contributed by atoms with Gasteiger partial charge in [0.25, 0.3) is 5.56 Å². The Bertz CT molecular complexity index is 1020. The molecule has 4 rings (SSSR count). The van der Waals surface area contributed by atoms with E-state index in [0.29, 0.717) is 42.4 Å². The largest absolute Gasteiger partial charge is 0.484 e. The summed E-state index contributed by atoms with van der Waals surface area (Å²) < 4.78 is 48.6. The van der Waals surface area contributed by atoms with Gasteiger partial charge in [0.15, 0.2) is 6.61 Å². The summed E-state index contributed by atoms with van der Waals surface area (Å²) in [6.45, 7) is -0.368. The van der Waals surface area contributed by atoms with Crippen molar-refractivity contribution in [3.8, 4) is 22.7 Å². The van der Waals surface area contributed by atoms with E-state index in [-0.39, 0.29) is 17.2 Å². The van der Waals surface area contributed by atoms with Crippen LogP contribution in [0.5, 0.6) is 5.75 Å². The molecule has 0 radical (unpaired) electrons. The quantitative estimate of drug-likeness (QED) is 0.704. The van der Waals surface area contributed by atoms with Crippen LogP contribution in [0.25, 0.3) is 16.9 Å². The summed E-state index contributed by atoms with van der Waals surface area (Å²) in [6.07, 6.45) is -0.478. The maximum absolute atomic E-state index is 12.9. The van der Waals surface area contributed by atoms with Crippen LogP contribution >= 0.6 is 0 Å². The number of H-pyrrole nitrogens is 1. The van der Waals surface area contributed by atoms with E-state index in [1.165, 1.54) is 34.9 Å². The van der Waals surface area contributed by atoms with Gasteiger partial charge in [-0.25, -0.2) is 4.98 Å². The molecule has 1 N–H and O–H groups in total. The molecular weight excluding hydrogens is 389 g/mol. The molecule has 0 aliphatic carbocycles. The molecule has 1 fully saturated rings. The first-order valence-electron chi connectivity index (χ1n) is 8.91. The molecule has 1 unspecified atom stereocenters. The Kier molecular flexibility index (Phi) is 5.10. The Hall–Kier alpha value is -3.14. The van der Waals surface area contributed by atoms with Crippen molar-refractivity contribution in [2.75, 3.05) is 19.8 Å². The van der Waals surface area contributed by atoms with Gasteiger partial charge in [0.2, 0.25) is 0 Å². The Morgan fingerprint density at radius 1 is 1.28 bits per heavy atom. The molecule has 1 aliphatic rings. The van der Waals surface area contributed by atoms with E-state index in [2.05, 4.69) is 15.2 Å². The fourth-order valence-electron chi connectivity index (χ4n) is 3.17. The molecule has 3 aromatic rings. The summed E-state index contributed by atoms with van der Waals surface area (Å²) in [5.74, 6) is 0.527. The van der Waals surface area contributed by atoms with Crippen molar-refractivity contribution < 1.29 is 22.6 Å². The first-order valence-corrected chi connectivity index (χ1v) is 8.91. The van der Waals surface area contributed by atoms with Gasteiger partial charge < -0.3 is 9.47 Å². The van der Waals surface area contributed by atoms with Crippen molar-refractivity contribution in [2.45, 2.75) is 18.5 Å². The maximum atomic E-state index is 12.9. The zero-order valence-corrected chi connectivity index (χ0v) is 15.1. The number of alkyl halides is 3. The third-order valence-corrected chi connectivity index (χ3v) is 4.53. The number of halogens is 3. The highest BCUT2D eigenvalue weighted by Crippen LogP contribution is 2.27. The number of aromatic nitrogens is 4. The smallest absolute Gasteiger partial charge is 0.422 e. The topological polar surface area (TPSA) is 82.0 Å². The molecule has 0 bridgehead atoms. The summed E-state index contributed by atoms with van der Waals surface area (Å²) in [4.78, 5) is 17.6. The summed E-state index contributed by atoms with van der Waals surface area (Å²) in [5.41, 5.74) is 1.36. The Morgan fingerprint density at radius 3 is 2.69 bits per heavy atom. The molecule has 152 valence electrons. The minimum atomic E-state index is -4.42. The van der Waals surface area contributed by atoms with Gasteiger partial charge in [-0.3, -0.25) is 14.5 Å². The fourth-order valence-corrected chi connectivity index (χ4v) is 3.17. The molecule has 1 atom stereocenters. The standard InChI is InChI=1S/C19H17F3N4O3/c20-19(21,22)11-29-15-3-1-14(2-4-15)26-17(27)7-16(13-8-23-24-9-13)25-18(26)12-5-6-28-10-12/h1-4,7-9,12H,5-6,10-11H2,(H,23,24). The maximum Gasteiger partial charge on any atom is 0.422 e. The lowest BCUT2D eigenvalue weighted by atomic mass is 10.1. The minimum Gasteiger partial charge on any atom is -0.484 e. The van der Waals surface area contributed by atoms with Crippen LogP contribution in [0.2, 0.25) is 0 Å². The first-order chi connectivity index (χ1) is 13.9. The summed E-state index contributed by atoms with van der Waals surface area (Å²) >= 11 is 0. The van der Waals surface area contributed by atoms with Crippen LogP contribution in [0, 0.1) is 0 Å². The normalized spacial score (nSPS) is 16.9. The lowest BCUT2D eigenvalue weighted by molar-refractivity contribution is -0.153. The van der Waals surface area contributed by atoms with Crippen molar-refractivity contribution in [3.63, 3.8) is 0 Å². The number of nitrogens with zero attached hydrogens (tertiary/aromatic N) is 3. The predicted octanol–water partition coefficient (Wildman–Crippen LogP) is 3.07. The van der Waals surface area contributed by atoms with E-state index in [1.807, 2.05) is 0 Å². The van der Waals surface area contributed by atoms with Crippen molar-refractivity contribution >= 4 is 0 Å². The van der Waals surface area contributed by atoms with Crippen LogP contribution in [0.3, 0.4) is 0 Å². The highest BCUT2D eigenvalue weighted by atomic mass is 19.4. The lowest BCUT2D eigenvalue weighted by Crippen LogP contribution is -2.25. The summed E-state index contributed by atoms with van der Waals surface area (Å²) in [7, 11) is 0. The minimum absolute atomic E-state index is 0.0628. The van der Waals surface area contributed by atoms with Crippen molar-refractivity contribution in [1.82, 2.24) is 19.7 Å². The van der Waals surface area contributed by atoms with Crippen molar-refractivity contribution in [3.05, 3.63) is 58.9 Å². The van der Waals surface area contributed by atoms with Crippen LogP contribution in [0.15, 0.2) is 47.5 Å². The van der Waals surface area contributed by atoms with Gasteiger partial charge in [-0.15, -0.1) is 0 Å². The average Bonchev–Trinajstić information content (AvgIpc) is 3.39. The fraction of sp³-hybridized carbons (Fsp3) is 0.316. The van der Waals surface area contributed by atoms with Gasteiger partial charge in [0, 0.05) is 30.4 Å². The summed E-state index contributed by atoms with van der Waals surface area (Å²) in [5, 5.41) is 6.58. The number of aromatic amines is 1. The Labute approximate surface area is 163 Å². The van der Waals surface area contributed by atoms with Gasteiger partial charge >= 0.3 is 6.18 Å². The van der Waals surface area contributed by atoms with Crippen LogP contribution in [0.4, 0.5) is 13.2 Å². The zero-order valence-electron chi connectivity index (χ0n) is 15.1.